The predicted molar refractivity (Wildman–Crippen MR) is 225 cm³/mol. The Kier molecular flexibility index (Phi) is 12.0. The van der Waals surface area contributed by atoms with Gasteiger partial charge in [-0.1, -0.05) is 48.5 Å². The van der Waals surface area contributed by atoms with Crippen LogP contribution in [0.15, 0.2) is 91.0 Å². The normalized spacial score (nSPS) is 17.6. The molecule has 58 heavy (non-hydrogen) atoms. The molecule has 0 radical (unpaired) electrons. The molecule has 0 fully saturated rings. The van der Waals surface area contributed by atoms with E-state index in [1.165, 1.54) is 16.7 Å². The minimum absolute atomic E-state index is 0.0749. The van der Waals surface area contributed by atoms with E-state index in [0.717, 1.165) is 73.2 Å². The number of benzene rings is 5. The molecule has 5 aromatic carbocycles. The number of Topliss-reactive ketones (excluding diaryl/α,β-unsaturated/α-hetero) is 1. The molecule has 5 aromatic rings. The van der Waals surface area contributed by atoms with Crippen LogP contribution in [0.25, 0.3) is 0 Å². The highest BCUT2D eigenvalue weighted by Crippen LogP contribution is 2.50. The third-order valence-corrected chi connectivity index (χ3v) is 12.0. The topological polar surface area (TPSA) is 89.9 Å². The summed E-state index contributed by atoms with van der Waals surface area (Å²) >= 11 is 0. The van der Waals surface area contributed by atoms with Crippen LogP contribution in [-0.2, 0) is 43.5 Å². The van der Waals surface area contributed by atoms with Crippen molar-refractivity contribution in [3.63, 3.8) is 0 Å². The Balaban J connectivity index is 1.15. The van der Waals surface area contributed by atoms with Crippen LogP contribution in [0.2, 0.25) is 0 Å². The number of fused-ring (bicyclic) bond motifs is 2. The van der Waals surface area contributed by atoms with Crippen molar-refractivity contribution in [1.29, 1.82) is 0 Å². The number of methoxy groups -OCH3 is 2. The van der Waals surface area contributed by atoms with Gasteiger partial charge in [-0.05, 0) is 128 Å². The highest BCUT2D eigenvalue weighted by Gasteiger charge is 2.34. The first kappa shape index (κ1) is 39.5. The summed E-state index contributed by atoms with van der Waals surface area (Å²) < 4.78 is 32.2. The fraction of sp³-hybridized carbons (Fsp3) is 0.367. The van der Waals surface area contributed by atoms with E-state index in [-0.39, 0.29) is 24.5 Å². The average molecular weight is 783 g/mol. The van der Waals surface area contributed by atoms with Crippen molar-refractivity contribution in [2.75, 3.05) is 48.0 Å². The molecule has 6 bridgehead atoms. The lowest BCUT2D eigenvalue weighted by Crippen LogP contribution is -2.34. The number of carbonyl (C=O) groups is 1. The number of hydrogen-bond acceptors (Lipinski definition) is 9. The van der Waals surface area contributed by atoms with Gasteiger partial charge in [0.2, 0.25) is 0 Å². The third-order valence-electron chi connectivity index (χ3n) is 12.0. The molecule has 0 aliphatic carbocycles. The van der Waals surface area contributed by atoms with E-state index in [9.17, 15) is 9.90 Å². The zero-order valence-electron chi connectivity index (χ0n) is 34.1. The number of ether oxygens (including phenoxy) is 5. The number of unbranched alkanes of at least 4 members (excludes halogenated alkanes) is 1. The van der Waals surface area contributed by atoms with Gasteiger partial charge in [0, 0.05) is 49.1 Å². The minimum atomic E-state index is -0.174. The van der Waals surface area contributed by atoms with E-state index in [4.69, 9.17) is 23.7 Å². The van der Waals surface area contributed by atoms with Crippen molar-refractivity contribution in [3.8, 4) is 40.2 Å². The predicted octanol–water partition coefficient (Wildman–Crippen LogP) is 9.00. The quantitative estimate of drug-likeness (QED) is 0.132. The number of carbonyl (C=O) groups excluding carboxylic acids is 1. The van der Waals surface area contributed by atoms with Crippen LogP contribution < -0.4 is 23.7 Å². The summed E-state index contributed by atoms with van der Waals surface area (Å²) in [6, 6.07) is 30.9. The molecular formula is C49H54N2O7. The first-order valence-corrected chi connectivity index (χ1v) is 20.5. The largest absolute Gasteiger partial charge is 0.493 e. The SMILES string of the molecule is COc1cc2c3cc1Oc1c(OC)c(CO)cc4c1[C@@H](Cc1ccc(OCCCCC(=O)Cc5ccccc5)c(c1)Oc1ccc(cc1)C[C@@H]3N(C)CC2)N(C)CC4. The van der Waals surface area contributed by atoms with Crippen LogP contribution in [0.1, 0.15) is 75.9 Å². The van der Waals surface area contributed by atoms with Crippen LogP contribution in [-0.4, -0.2) is 68.7 Å². The average Bonchev–Trinajstić information content (AvgIpc) is 3.23. The maximum atomic E-state index is 12.6. The molecule has 4 heterocycles. The van der Waals surface area contributed by atoms with E-state index in [1.54, 1.807) is 14.2 Å². The van der Waals surface area contributed by atoms with Gasteiger partial charge in [-0.15, -0.1) is 0 Å². The van der Waals surface area contributed by atoms with Crippen LogP contribution in [0, 0.1) is 0 Å². The lowest BCUT2D eigenvalue weighted by atomic mass is 9.86. The molecule has 4 aliphatic heterocycles. The van der Waals surface area contributed by atoms with Gasteiger partial charge in [0.05, 0.1) is 27.4 Å². The molecule has 0 unspecified atom stereocenters. The van der Waals surface area contributed by atoms with Gasteiger partial charge < -0.3 is 28.8 Å². The fourth-order valence-electron chi connectivity index (χ4n) is 8.83. The van der Waals surface area contributed by atoms with Gasteiger partial charge in [0.25, 0.3) is 0 Å². The molecule has 2 atom stereocenters. The van der Waals surface area contributed by atoms with Gasteiger partial charge in [-0.25, -0.2) is 0 Å². The summed E-state index contributed by atoms with van der Waals surface area (Å²) in [5.74, 6) is 4.71. The molecule has 0 saturated heterocycles. The van der Waals surface area contributed by atoms with Crippen LogP contribution >= 0.6 is 0 Å². The highest BCUT2D eigenvalue weighted by molar-refractivity contribution is 5.80. The second kappa shape index (κ2) is 17.6. The standard InChI is InChI=1S/C49H54N2O7/c1-50-21-19-35-29-44(54-3)46-30-40(35)41(50)25-33-13-16-39(17-14-33)57-45-27-34(15-18-43(45)56-23-9-8-12-38(53)24-32-10-6-5-7-11-32)26-42-47-36(20-22-51(42)2)28-37(31-52)48(55-4)49(47)58-46/h5-7,10-11,13-18,27-30,41-42,52H,8-9,12,19-26,31H2,1-4H3/t41-,42+/m0/s1. The number of likely N-dealkylation sites (N-methyl/N-ethyl adjacent to an activating group) is 2. The summed E-state index contributed by atoms with van der Waals surface area (Å²) in [5, 5.41) is 10.6. The number of aliphatic hydroxyl groups is 1. The minimum Gasteiger partial charge on any atom is -0.493 e. The molecular weight excluding hydrogens is 729 g/mol. The van der Waals surface area contributed by atoms with Crippen LogP contribution in [0.3, 0.4) is 0 Å². The Morgan fingerprint density at radius 2 is 1.48 bits per heavy atom. The Morgan fingerprint density at radius 1 is 0.759 bits per heavy atom. The third kappa shape index (κ3) is 8.44. The Labute approximate surface area is 342 Å². The van der Waals surface area contributed by atoms with Crippen molar-refractivity contribution >= 4 is 5.78 Å². The highest BCUT2D eigenvalue weighted by atomic mass is 16.5. The van der Waals surface area contributed by atoms with E-state index in [1.807, 2.05) is 48.5 Å². The molecule has 0 aromatic heterocycles. The van der Waals surface area contributed by atoms with E-state index in [2.05, 4.69) is 66.4 Å². The Bertz CT molecular complexity index is 2240. The van der Waals surface area contributed by atoms with Crippen molar-refractivity contribution < 1.29 is 33.6 Å². The summed E-state index contributed by atoms with van der Waals surface area (Å²) in [4.78, 5) is 17.4. The zero-order chi connectivity index (χ0) is 40.2. The molecule has 4 aliphatic rings. The lowest BCUT2D eigenvalue weighted by Gasteiger charge is -2.37. The molecule has 302 valence electrons. The molecule has 9 nitrogen and oxygen atoms in total. The van der Waals surface area contributed by atoms with E-state index in [0.29, 0.717) is 65.9 Å². The number of rotatable bonds is 11. The molecule has 9 rings (SSSR count). The first-order valence-electron chi connectivity index (χ1n) is 20.5. The second-order valence-electron chi connectivity index (χ2n) is 15.9. The molecule has 0 saturated carbocycles. The van der Waals surface area contributed by atoms with E-state index >= 15 is 0 Å². The van der Waals surface area contributed by atoms with Crippen LogP contribution in [0.5, 0.6) is 40.2 Å². The van der Waals surface area contributed by atoms with Gasteiger partial charge in [-0.3, -0.25) is 14.6 Å². The molecule has 9 heteroatoms. The summed E-state index contributed by atoms with van der Waals surface area (Å²) in [5.41, 5.74) is 8.64. The van der Waals surface area contributed by atoms with Crippen molar-refractivity contribution in [1.82, 2.24) is 9.80 Å². The molecule has 0 amide bonds. The second-order valence-corrected chi connectivity index (χ2v) is 15.9. The maximum Gasteiger partial charge on any atom is 0.174 e. The van der Waals surface area contributed by atoms with E-state index < -0.39 is 0 Å². The van der Waals surface area contributed by atoms with Gasteiger partial charge in [-0.2, -0.15) is 0 Å². The molecule has 1 N–H and O–H groups in total. The first-order chi connectivity index (χ1) is 28.3. The Morgan fingerprint density at radius 3 is 2.24 bits per heavy atom. The van der Waals surface area contributed by atoms with Gasteiger partial charge in [0.15, 0.2) is 34.5 Å². The smallest absolute Gasteiger partial charge is 0.174 e. The molecule has 0 spiro atoms. The number of ketones is 1. The summed E-state index contributed by atoms with van der Waals surface area (Å²) in [6.07, 6.45) is 5.68. The number of aliphatic hydroxyl groups excluding tert-OH is 1. The summed E-state index contributed by atoms with van der Waals surface area (Å²) in [7, 11) is 7.66. The Hall–Kier alpha value is -5.35. The number of hydrogen-bond donors (Lipinski definition) is 1. The van der Waals surface area contributed by atoms with Crippen molar-refractivity contribution in [3.05, 3.63) is 136 Å². The maximum absolute atomic E-state index is 12.6. The monoisotopic (exact) mass is 782 g/mol. The zero-order valence-corrected chi connectivity index (χ0v) is 34.1. The van der Waals surface area contributed by atoms with Crippen molar-refractivity contribution in [2.45, 2.75) is 70.1 Å². The summed E-state index contributed by atoms with van der Waals surface area (Å²) in [6.45, 7) is 2.07. The lowest BCUT2D eigenvalue weighted by molar-refractivity contribution is -0.118. The van der Waals surface area contributed by atoms with Crippen LogP contribution in [0.4, 0.5) is 0 Å². The van der Waals surface area contributed by atoms with Crippen molar-refractivity contribution in [2.24, 2.45) is 0 Å². The number of nitrogens with zero attached hydrogens (tertiary/aromatic N) is 2. The van der Waals surface area contributed by atoms with Gasteiger partial charge >= 0.3 is 0 Å². The fourth-order valence-corrected chi connectivity index (χ4v) is 8.83. The van der Waals surface area contributed by atoms with Gasteiger partial charge in [0.1, 0.15) is 11.5 Å².